The highest BCUT2D eigenvalue weighted by molar-refractivity contribution is 5.19. The van der Waals surface area contributed by atoms with E-state index in [1.54, 1.807) is 0 Å². The predicted octanol–water partition coefficient (Wildman–Crippen LogP) is -3.07. The van der Waals surface area contributed by atoms with Crippen LogP contribution in [0, 0.1) is 0 Å². The number of nitrogens with two attached hydrogens (primary N) is 1. The van der Waals surface area contributed by atoms with Gasteiger partial charge in [0.05, 0.1) is 6.61 Å². The first kappa shape index (κ1) is 10.3. The van der Waals surface area contributed by atoms with Gasteiger partial charge >= 0.3 is 0 Å². The van der Waals surface area contributed by atoms with Crippen LogP contribution in [-0.4, -0.2) is 63.1 Å². The van der Waals surface area contributed by atoms with Gasteiger partial charge in [-0.05, 0) is 6.42 Å². The molecule has 0 radical (unpaired) electrons. The van der Waals surface area contributed by atoms with E-state index in [0.29, 0.717) is 6.42 Å². The van der Waals surface area contributed by atoms with E-state index in [1.807, 2.05) is 0 Å². The standard InChI is InChI=1S/C8H15NO5/c9-4-1-8(4)7(13)6(12)5(11)3(2-10)14-8/h3-7,10-13H,1-2,9H2/t3-,4+,5+,6+,7+,8+/m1/s1. The Morgan fingerprint density at radius 1 is 1.29 bits per heavy atom. The summed E-state index contributed by atoms with van der Waals surface area (Å²) in [6.45, 7) is -0.403. The van der Waals surface area contributed by atoms with E-state index in [4.69, 9.17) is 15.6 Å². The Bertz CT molecular complexity index is 236. The lowest BCUT2D eigenvalue weighted by atomic mass is 9.93. The van der Waals surface area contributed by atoms with Crippen molar-refractivity contribution in [1.82, 2.24) is 0 Å². The van der Waals surface area contributed by atoms with E-state index in [-0.39, 0.29) is 6.04 Å². The second-order valence-corrected chi connectivity index (χ2v) is 4.03. The second kappa shape index (κ2) is 3.13. The average molecular weight is 205 g/mol. The van der Waals surface area contributed by atoms with Gasteiger partial charge in [-0.2, -0.15) is 0 Å². The van der Waals surface area contributed by atoms with Crippen molar-refractivity contribution in [3.05, 3.63) is 0 Å². The Labute approximate surface area is 80.9 Å². The van der Waals surface area contributed by atoms with Gasteiger partial charge in [0.15, 0.2) is 0 Å². The van der Waals surface area contributed by atoms with Gasteiger partial charge in [-0.3, -0.25) is 0 Å². The van der Waals surface area contributed by atoms with Crippen LogP contribution in [0.5, 0.6) is 0 Å². The fourth-order valence-electron chi connectivity index (χ4n) is 2.02. The number of aliphatic hydroxyl groups is 4. The van der Waals surface area contributed by atoms with E-state index in [2.05, 4.69) is 0 Å². The van der Waals surface area contributed by atoms with Gasteiger partial charge in [0.25, 0.3) is 0 Å². The summed E-state index contributed by atoms with van der Waals surface area (Å²) in [4.78, 5) is 0. The zero-order valence-electron chi connectivity index (χ0n) is 7.58. The Kier molecular flexibility index (Phi) is 2.30. The largest absolute Gasteiger partial charge is 0.394 e. The molecule has 0 aromatic heterocycles. The van der Waals surface area contributed by atoms with Gasteiger partial charge in [-0.1, -0.05) is 0 Å². The molecule has 1 aliphatic carbocycles. The van der Waals surface area contributed by atoms with Crippen LogP contribution in [0.3, 0.4) is 0 Å². The molecule has 0 unspecified atom stereocenters. The second-order valence-electron chi connectivity index (χ2n) is 4.03. The maximum Gasteiger partial charge on any atom is 0.114 e. The summed E-state index contributed by atoms with van der Waals surface area (Å²) in [7, 11) is 0. The Morgan fingerprint density at radius 3 is 2.29 bits per heavy atom. The van der Waals surface area contributed by atoms with Crippen molar-refractivity contribution < 1.29 is 25.2 Å². The zero-order chi connectivity index (χ0) is 10.5. The highest BCUT2D eigenvalue weighted by Gasteiger charge is 2.65. The molecule has 0 amide bonds. The summed E-state index contributed by atoms with van der Waals surface area (Å²) in [5, 5.41) is 37.4. The molecule has 0 aromatic rings. The highest BCUT2D eigenvalue weighted by Crippen LogP contribution is 2.47. The molecule has 2 fully saturated rings. The molecular formula is C8H15NO5. The van der Waals surface area contributed by atoms with Gasteiger partial charge in [-0.15, -0.1) is 0 Å². The van der Waals surface area contributed by atoms with Gasteiger partial charge in [0.1, 0.15) is 30.0 Å². The van der Waals surface area contributed by atoms with E-state index < -0.39 is 36.6 Å². The maximum atomic E-state index is 9.63. The van der Waals surface area contributed by atoms with Crippen molar-refractivity contribution >= 4 is 0 Å². The average Bonchev–Trinajstić information content (AvgIpc) is 2.81. The molecule has 82 valence electrons. The van der Waals surface area contributed by atoms with Crippen LogP contribution in [0.2, 0.25) is 0 Å². The molecule has 1 saturated heterocycles. The van der Waals surface area contributed by atoms with Crippen LogP contribution in [0.15, 0.2) is 0 Å². The van der Waals surface area contributed by atoms with Crippen LogP contribution in [-0.2, 0) is 4.74 Å². The van der Waals surface area contributed by atoms with Crippen LogP contribution in [0.4, 0.5) is 0 Å². The fourth-order valence-corrected chi connectivity index (χ4v) is 2.02. The van der Waals surface area contributed by atoms with Crippen molar-refractivity contribution in [2.75, 3.05) is 6.61 Å². The van der Waals surface area contributed by atoms with E-state index in [0.717, 1.165) is 0 Å². The van der Waals surface area contributed by atoms with E-state index >= 15 is 0 Å². The third-order valence-corrected chi connectivity index (χ3v) is 3.11. The number of ether oxygens (including phenoxy) is 1. The minimum absolute atomic E-state index is 0.339. The predicted molar refractivity (Wildman–Crippen MR) is 45.3 cm³/mol. The molecule has 1 saturated carbocycles. The molecule has 1 spiro atoms. The first-order valence-corrected chi connectivity index (χ1v) is 4.61. The Hall–Kier alpha value is -0.240. The third-order valence-electron chi connectivity index (χ3n) is 3.11. The summed E-state index contributed by atoms with van der Waals surface area (Å²) in [5.74, 6) is 0. The van der Waals surface area contributed by atoms with E-state index in [1.165, 1.54) is 0 Å². The normalized spacial score (nSPS) is 57.6. The van der Waals surface area contributed by atoms with Gasteiger partial charge < -0.3 is 30.9 Å². The molecule has 1 aliphatic heterocycles. The van der Waals surface area contributed by atoms with Gasteiger partial charge in [0, 0.05) is 6.04 Å². The number of hydrogen-bond acceptors (Lipinski definition) is 6. The summed E-state index contributed by atoms with van der Waals surface area (Å²) < 4.78 is 5.31. The smallest absolute Gasteiger partial charge is 0.114 e. The molecule has 2 aliphatic rings. The molecule has 0 aromatic carbocycles. The van der Waals surface area contributed by atoms with E-state index in [9.17, 15) is 15.3 Å². The number of rotatable bonds is 1. The lowest BCUT2D eigenvalue weighted by molar-refractivity contribution is -0.241. The van der Waals surface area contributed by atoms with Crippen LogP contribution in [0.25, 0.3) is 0 Å². The summed E-state index contributed by atoms with van der Waals surface area (Å²) in [6, 6.07) is -0.339. The topological polar surface area (TPSA) is 116 Å². The summed E-state index contributed by atoms with van der Waals surface area (Å²) >= 11 is 0. The molecular weight excluding hydrogens is 190 g/mol. The molecule has 6 N–H and O–H groups in total. The minimum Gasteiger partial charge on any atom is -0.394 e. The zero-order valence-corrected chi connectivity index (χ0v) is 7.58. The van der Waals surface area contributed by atoms with Gasteiger partial charge in [-0.25, -0.2) is 0 Å². The van der Waals surface area contributed by atoms with Gasteiger partial charge in [0.2, 0.25) is 0 Å². The van der Waals surface area contributed by atoms with Crippen molar-refractivity contribution in [2.45, 2.75) is 42.5 Å². The molecule has 6 heteroatoms. The van der Waals surface area contributed by atoms with Crippen LogP contribution in [0.1, 0.15) is 6.42 Å². The first-order valence-electron chi connectivity index (χ1n) is 4.61. The summed E-state index contributed by atoms with van der Waals surface area (Å²) in [6.07, 6.45) is -4.20. The molecule has 0 bridgehead atoms. The fraction of sp³-hybridized carbons (Fsp3) is 1.00. The third kappa shape index (κ3) is 1.19. The SMILES string of the molecule is N[C@H]1C[C@]12O[C@H](CO)[C@H](O)[C@H](O)[C@@H]2O. The molecule has 2 rings (SSSR count). The van der Waals surface area contributed by atoms with Crippen LogP contribution < -0.4 is 5.73 Å². The summed E-state index contributed by atoms with van der Waals surface area (Å²) in [5.41, 5.74) is 4.62. The Balaban J connectivity index is 2.16. The number of aliphatic hydroxyl groups excluding tert-OH is 4. The molecule has 14 heavy (non-hydrogen) atoms. The van der Waals surface area contributed by atoms with Crippen LogP contribution >= 0.6 is 0 Å². The van der Waals surface area contributed by atoms with Crippen molar-refractivity contribution in [1.29, 1.82) is 0 Å². The van der Waals surface area contributed by atoms with Crippen molar-refractivity contribution in [3.63, 3.8) is 0 Å². The van der Waals surface area contributed by atoms with Crippen molar-refractivity contribution in [3.8, 4) is 0 Å². The lowest BCUT2D eigenvalue weighted by Gasteiger charge is -2.41. The minimum atomic E-state index is -1.31. The van der Waals surface area contributed by atoms with Crippen molar-refractivity contribution in [2.24, 2.45) is 5.73 Å². The molecule has 6 nitrogen and oxygen atoms in total. The first-order chi connectivity index (χ1) is 6.53. The molecule has 6 atom stereocenters. The monoisotopic (exact) mass is 205 g/mol. The Morgan fingerprint density at radius 2 is 1.86 bits per heavy atom. The maximum absolute atomic E-state index is 9.63. The highest BCUT2D eigenvalue weighted by atomic mass is 16.6. The lowest BCUT2D eigenvalue weighted by Crippen LogP contribution is -2.61. The number of hydrogen-bond donors (Lipinski definition) is 5. The quantitative estimate of drug-likeness (QED) is 0.310. The molecule has 1 heterocycles.